The summed E-state index contributed by atoms with van der Waals surface area (Å²) in [6, 6.07) is 11.2. The summed E-state index contributed by atoms with van der Waals surface area (Å²) < 4.78 is 55.7. The molecule has 0 N–H and O–H groups in total. The lowest BCUT2D eigenvalue weighted by Crippen LogP contribution is -2.79. The number of nitrogens with zero attached hydrogens (tertiary/aromatic N) is 2. The maximum atomic E-state index is 14.0. The van der Waals surface area contributed by atoms with Gasteiger partial charge in [-0.25, -0.2) is 0 Å². The second kappa shape index (κ2) is 11.5. The first kappa shape index (κ1) is 31.2. The molecule has 2 fully saturated rings. The van der Waals surface area contributed by atoms with E-state index < -0.39 is 23.5 Å². The minimum atomic E-state index is -4.81. The summed E-state index contributed by atoms with van der Waals surface area (Å²) in [7, 11) is 0. The first-order chi connectivity index (χ1) is 21.4. The van der Waals surface area contributed by atoms with Crippen LogP contribution in [0.4, 0.5) is 13.2 Å². The molecule has 7 nitrogen and oxygen atoms in total. The van der Waals surface area contributed by atoms with E-state index in [1.807, 2.05) is 37.0 Å². The number of hydrogen-bond acceptors (Lipinski definition) is 6. The van der Waals surface area contributed by atoms with Gasteiger partial charge in [0.15, 0.2) is 0 Å². The quantitative estimate of drug-likeness (QED) is 0.192. The lowest BCUT2D eigenvalue weighted by Gasteiger charge is -2.65. The van der Waals surface area contributed by atoms with Crippen molar-refractivity contribution in [2.75, 3.05) is 19.6 Å². The lowest BCUT2D eigenvalue weighted by atomic mass is 9.48. The summed E-state index contributed by atoms with van der Waals surface area (Å²) in [6.45, 7) is 11.4. The fourth-order valence-electron chi connectivity index (χ4n) is 8.57. The van der Waals surface area contributed by atoms with Crippen LogP contribution in [-0.2, 0) is 26.2 Å². The third-order valence-electron chi connectivity index (χ3n) is 9.84. The van der Waals surface area contributed by atoms with Gasteiger partial charge in [0.1, 0.15) is 23.2 Å². The molecule has 2 bridgehead atoms. The van der Waals surface area contributed by atoms with Crippen molar-refractivity contribution in [2.45, 2.75) is 82.0 Å². The Kier molecular flexibility index (Phi) is 8.00. The highest BCUT2D eigenvalue weighted by Gasteiger charge is 2.75. The van der Waals surface area contributed by atoms with E-state index in [1.54, 1.807) is 6.07 Å². The molecule has 6 rings (SSSR count). The number of piperidine rings is 1. The molecule has 2 aliphatic heterocycles. The van der Waals surface area contributed by atoms with Gasteiger partial charge in [0.25, 0.3) is 0 Å². The summed E-state index contributed by atoms with van der Waals surface area (Å²) in [5.74, 6) is -0.0306. The predicted molar refractivity (Wildman–Crippen MR) is 163 cm³/mol. The summed E-state index contributed by atoms with van der Waals surface area (Å²) in [6.07, 6.45) is 2.08. The van der Waals surface area contributed by atoms with E-state index in [-0.39, 0.29) is 35.6 Å². The Labute approximate surface area is 261 Å². The molecule has 0 aromatic heterocycles. The van der Waals surface area contributed by atoms with Gasteiger partial charge < -0.3 is 19.1 Å². The smallest absolute Gasteiger partial charge is 0.487 e. The van der Waals surface area contributed by atoms with Crippen molar-refractivity contribution in [1.82, 2.24) is 9.80 Å². The Balaban J connectivity index is 1.39. The average molecular weight is 625 g/mol. The molecule has 2 aromatic carbocycles. The van der Waals surface area contributed by atoms with E-state index in [4.69, 9.17) is 9.47 Å². The number of benzene rings is 2. The molecule has 45 heavy (non-hydrogen) atoms. The molecular weight excluding hydrogens is 585 g/mol. The number of rotatable bonds is 9. The van der Waals surface area contributed by atoms with Gasteiger partial charge >= 0.3 is 12.3 Å². The van der Waals surface area contributed by atoms with E-state index >= 15 is 0 Å². The number of halogens is 3. The molecule has 2 heterocycles. The van der Waals surface area contributed by atoms with Crippen LogP contribution in [0.5, 0.6) is 11.5 Å². The normalized spacial score (nSPS) is 28.4. The van der Waals surface area contributed by atoms with Gasteiger partial charge in [-0.1, -0.05) is 44.2 Å². The molecule has 240 valence electrons. The standard InChI is InChI=1S/C35H39F3N2O5/c1-5-17-39-18-16-33-31-25-9-7-11-28(31)43-32(33)27(14-15-34(33,29(39)20-25)44-23(4)41)40(21-22(2)3)30(42)13-12-24-8-6-10-26(19-24)45-35(36,37)38/h5-13,19,22,27,29,32H,1,14-18,20-21H2,2-4H3/b13-12+/t27?,29-,32?,33+,34-/m1/s1. The van der Waals surface area contributed by atoms with Crippen molar-refractivity contribution in [3.05, 3.63) is 77.9 Å². The molecule has 2 unspecified atom stereocenters. The van der Waals surface area contributed by atoms with Gasteiger partial charge in [-0.15, -0.1) is 19.8 Å². The Hall–Kier alpha value is -3.79. The number of ether oxygens (including phenoxy) is 3. The molecular formula is C35H39F3N2O5. The Morgan fingerprint density at radius 1 is 1.20 bits per heavy atom. The molecule has 2 aromatic rings. The minimum Gasteiger partial charge on any atom is -0.487 e. The summed E-state index contributed by atoms with van der Waals surface area (Å²) in [5.41, 5.74) is 1.22. The summed E-state index contributed by atoms with van der Waals surface area (Å²) in [4.78, 5) is 31.1. The average Bonchev–Trinajstić information content (AvgIpc) is 3.30. The number of esters is 1. The zero-order chi connectivity index (χ0) is 32.1. The summed E-state index contributed by atoms with van der Waals surface area (Å²) in [5, 5.41) is 0. The monoisotopic (exact) mass is 624 g/mol. The molecule has 1 spiro atoms. The Bertz CT molecular complexity index is 1520. The highest BCUT2D eigenvalue weighted by atomic mass is 19.4. The van der Waals surface area contributed by atoms with Gasteiger partial charge in [0.2, 0.25) is 5.91 Å². The van der Waals surface area contributed by atoms with Crippen LogP contribution in [-0.4, -0.2) is 71.5 Å². The topological polar surface area (TPSA) is 68.3 Å². The van der Waals surface area contributed by atoms with Crippen LogP contribution in [0.15, 0.2) is 61.2 Å². The number of carbonyl (C=O) groups is 2. The van der Waals surface area contributed by atoms with Crippen LogP contribution in [0, 0.1) is 5.92 Å². The first-order valence-electron chi connectivity index (χ1n) is 15.6. The molecule has 10 heteroatoms. The zero-order valence-electron chi connectivity index (χ0n) is 25.8. The highest BCUT2D eigenvalue weighted by molar-refractivity contribution is 5.92. The molecule has 0 radical (unpaired) electrons. The van der Waals surface area contributed by atoms with E-state index in [2.05, 4.69) is 22.3 Å². The number of amides is 1. The van der Waals surface area contributed by atoms with Crippen LogP contribution in [0.3, 0.4) is 0 Å². The predicted octanol–water partition coefficient (Wildman–Crippen LogP) is 6.06. The number of alkyl halides is 3. The summed E-state index contributed by atoms with van der Waals surface area (Å²) >= 11 is 0. The SMILES string of the molecule is C=CCN1CC[C@]23c4c5cccc4OC2C(N(CC(C)C)C(=O)/C=C/c2cccc(OC(F)(F)F)c2)CC[C@@]3(OC(C)=O)[C@H]1C5. The van der Waals surface area contributed by atoms with E-state index in [1.165, 1.54) is 42.8 Å². The van der Waals surface area contributed by atoms with Crippen LogP contribution >= 0.6 is 0 Å². The van der Waals surface area contributed by atoms with Crippen molar-refractivity contribution < 1.29 is 37.0 Å². The van der Waals surface area contributed by atoms with Crippen LogP contribution in [0.25, 0.3) is 6.08 Å². The number of hydrogen-bond donors (Lipinski definition) is 0. The van der Waals surface area contributed by atoms with Crippen LogP contribution in [0.2, 0.25) is 0 Å². The number of likely N-dealkylation sites (tertiary alicyclic amines) is 1. The maximum absolute atomic E-state index is 14.0. The zero-order valence-corrected chi connectivity index (χ0v) is 25.8. The highest BCUT2D eigenvalue weighted by Crippen LogP contribution is 2.65. The maximum Gasteiger partial charge on any atom is 0.573 e. The third kappa shape index (κ3) is 5.30. The third-order valence-corrected chi connectivity index (χ3v) is 9.84. The van der Waals surface area contributed by atoms with Crippen molar-refractivity contribution >= 4 is 18.0 Å². The van der Waals surface area contributed by atoms with Gasteiger partial charge in [0.05, 0.1) is 17.5 Å². The molecule has 5 atom stereocenters. The van der Waals surface area contributed by atoms with Crippen molar-refractivity contribution in [3.8, 4) is 11.5 Å². The molecule has 4 aliphatic rings. The largest absolute Gasteiger partial charge is 0.573 e. The number of carbonyl (C=O) groups excluding carboxylic acids is 2. The van der Waals surface area contributed by atoms with E-state index in [0.29, 0.717) is 37.9 Å². The van der Waals surface area contributed by atoms with Gasteiger partial charge in [-0.05, 0) is 67.0 Å². The van der Waals surface area contributed by atoms with Gasteiger partial charge in [-0.3, -0.25) is 14.5 Å². The van der Waals surface area contributed by atoms with Crippen molar-refractivity contribution in [3.63, 3.8) is 0 Å². The van der Waals surface area contributed by atoms with Crippen LogP contribution in [0.1, 0.15) is 56.7 Å². The van der Waals surface area contributed by atoms with Gasteiger partial charge in [0, 0.05) is 38.2 Å². The minimum absolute atomic E-state index is 0.0682. The first-order valence-corrected chi connectivity index (χ1v) is 15.6. The van der Waals surface area contributed by atoms with E-state index in [9.17, 15) is 22.8 Å². The van der Waals surface area contributed by atoms with E-state index in [0.717, 1.165) is 24.3 Å². The second-order valence-corrected chi connectivity index (χ2v) is 13.0. The Morgan fingerprint density at radius 3 is 2.69 bits per heavy atom. The molecule has 1 saturated heterocycles. The van der Waals surface area contributed by atoms with Gasteiger partial charge in [-0.2, -0.15) is 0 Å². The lowest BCUT2D eigenvalue weighted by molar-refractivity contribution is -0.274. The molecule has 2 aliphatic carbocycles. The molecule has 1 saturated carbocycles. The van der Waals surface area contributed by atoms with Crippen LogP contribution < -0.4 is 9.47 Å². The fraction of sp³-hybridized carbons (Fsp3) is 0.486. The van der Waals surface area contributed by atoms with Crippen molar-refractivity contribution in [1.29, 1.82) is 0 Å². The molecule has 1 amide bonds. The van der Waals surface area contributed by atoms with Crippen molar-refractivity contribution in [2.24, 2.45) is 5.92 Å². The Morgan fingerprint density at radius 2 is 1.98 bits per heavy atom. The second-order valence-electron chi connectivity index (χ2n) is 13.0. The fourth-order valence-corrected chi connectivity index (χ4v) is 8.57.